The Morgan fingerprint density at radius 3 is 2.30 bits per heavy atom. The first-order valence-corrected chi connectivity index (χ1v) is 8.12. The Bertz CT molecular complexity index is 461. The topological polar surface area (TPSA) is 38.3 Å². The van der Waals surface area contributed by atoms with Crippen LogP contribution in [0, 0.1) is 22.7 Å². The molecular formula is C17H27NO2. The van der Waals surface area contributed by atoms with Crippen molar-refractivity contribution in [2.75, 3.05) is 7.11 Å². The van der Waals surface area contributed by atoms with Crippen molar-refractivity contribution >= 4 is 5.91 Å². The molecular weight excluding hydrogens is 250 g/mol. The zero-order valence-corrected chi connectivity index (χ0v) is 13.2. The second-order valence-electron chi connectivity index (χ2n) is 8.93. The summed E-state index contributed by atoms with van der Waals surface area (Å²) in [5.41, 5.74) is 0.905. The number of ether oxygens (including phenoxy) is 1. The summed E-state index contributed by atoms with van der Waals surface area (Å²) in [5, 5.41) is 3.38. The fraction of sp³-hybridized carbons (Fsp3) is 0.941. The lowest BCUT2D eigenvalue weighted by Gasteiger charge is -2.69. The molecule has 0 spiro atoms. The summed E-state index contributed by atoms with van der Waals surface area (Å²) in [5.74, 6) is 1.16. The van der Waals surface area contributed by atoms with Gasteiger partial charge < -0.3 is 10.1 Å². The van der Waals surface area contributed by atoms with E-state index in [0.717, 1.165) is 25.7 Å². The van der Waals surface area contributed by atoms with Gasteiger partial charge in [-0.2, -0.15) is 0 Å². The van der Waals surface area contributed by atoms with Crippen LogP contribution in [0.2, 0.25) is 0 Å². The highest BCUT2D eigenvalue weighted by Crippen LogP contribution is 2.68. The van der Waals surface area contributed by atoms with Gasteiger partial charge in [0, 0.05) is 18.6 Å². The SMILES string of the molecule is COC12CC(NC(=O)[C@@H]3C[C@]4(C)CC[C@H]3C4(C)C)(C1)C2. The molecule has 5 saturated carbocycles. The first-order valence-electron chi connectivity index (χ1n) is 8.12. The van der Waals surface area contributed by atoms with Crippen LogP contribution in [-0.4, -0.2) is 24.2 Å². The zero-order valence-electron chi connectivity index (χ0n) is 13.2. The molecule has 0 heterocycles. The van der Waals surface area contributed by atoms with E-state index < -0.39 is 0 Å². The summed E-state index contributed by atoms with van der Waals surface area (Å²) in [6.07, 6.45) is 6.70. The van der Waals surface area contributed by atoms with Crippen molar-refractivity contribution in [3.63, 3.8) is 0 Å². The summed E-state index contributed by atoms with van der Waals surface area (Å²) < 4.78 is 5.52. The van der Waals surface area contributed by atoms with Gasteiger partial charge in [-0.15, -0.1) is 0 Å². The number of methoxy groups -OCH3 is 1. The summed E-state index contributed by atoms with van der Waals surface area (Å²) in [4.78, 5) is 12.7. The highest BCUT2D eigenvalue weighted by molar-refractivity contribution is 5.81. The number of carbonyl (C=O) groups excluding carboxylic acids is 1. The second kappa shape index (κ2) is 3.43. The maximum Gasteiger partial charge on any atom is 0.223 e. The molecule has 0 aliphatic heterocycles. The Morgan fingerprint density at radius 2 is 1.85 bits per heavy atom. The molecule has 0 aromatic carbocycles. The Balaban J connectivity index is 1.45. The molecule has 20 heavy (non-hydrogen) atoms. The lowest BCUT2D eigenvalue weighted by molar-refractivity contribution is -0.237. The van der Waals surface area contributed by atoms with Gasteiger partial charge in [-0.3, -0.25) is 4.79 Å². The predicted molar refractivity (Wildman–Crippen MR) is 77.2 cm³/mol. The van der Waals surface area contributed by atoms with Crippen LogP contribution in [0.1, 0.15) is 59.3 Å². The van der Waals surface area contributed by atoms with Crippen LogP contribution in [0.5, 0.6) is 0 Å². The minimum absolute atomic E-state index is 0.0972. The molecule has 5 rings (SSSR count). The number of fused-ring (bicyclic) bond motifs is 2. The quantitative estimate of drug-likeness (QED) is 0.861. The normalized spacial score (nSPS) is 54.2. The molecule has 0 aromatic rings. The van der Waals surface area contributed by atoms with Gasteiger partial charge in [0.2, 0.25) is 5.91 Å². The predicted octanol–water partition coefficient (Wildman–Crippen LogP) is 2.89. The maximum atomic E-state index is 12.7. The highest BCUT2D eigenvalue weighted by Gasteiger charge is 2.70. The number of nitrogens with one attached hydrogen (secondary N) is 1. The van der Waals surface area contributed by atoms with Crippen molar-refractivity contribution in [1.29, 1.82) is 0 Å². The van der Waals surface area contributed by atoms with Gasteiger partial charge >= 0.3 is 0 Å². The Morgan fingerprint density at radius 1 is 1.20 bits per heavy atom. The molecule has 112 valence electrons. The summed E-state index contributed by atoms with van der Waals surface area (Å²) >= 11 is 0. The fourth-order valence-electron chi connectivity index (χ4n) is 5.97. The molecule has 3 nitrogen and oxygen atoms in total. The summed E-state index contributed by atoms with van der Waals surface area (Å²) in [7, 11) is 1.80. The second-order valence-corrected chi connectivity index (χ2v) is 8.93. The molecule has 1 N–H and O–H groups in total. The molecule has 5 fully saturated rings. The van der Waals surface area contributed by atoms with Crippen molar-refractivity contribution in [2.45, 2.75) is 70.4 Å². The van der Waals surface area contributed by atoms with E-state index in [-0.39, 0.29) is 17.1 Å². The summed E-state index contributed by atoms with van der Waals surface area (Å²) in [6, 6.07) is 0. The number of hydrogen-bond acceptors (Lipinski definition) is 2. The van der Waals surface area contributed by atoms with Gasteiger partial charge in [0.05, 0.1) is 5.60 Å². The van der Waals surface area contributed by atoms with E-state index >= 15 is 0 Å². The standard InChI is InChI=1S/C17H27NO2/c1-14(2)12-5-6-15(14,3)7-11(12)13(19)18-16-8-17(9-16,10-16)20-4/h11-12H,5-10H2,1-4H3,(H,18,19)/t11-,12-,15+,16?,17?/m1/s1. The third-order valence-electron chi connectivity index (χ3n) is 7.79. The molecule has 0 aromatic heterocycles. The first kappa shape index (κ1) is 13.1. The lowest BCUT2D eigenvalue weighted by Crippen LogP contribution is -2.79. The monoisotopic (exact) mass is 277 g/mol. The average molecular weight is 277 g/mol. The molecule has 0 radical (unpaired) electrons. The van der Waals surface area contributed by atoms with Gasteiger partial charge in [0.1, 0.15) is 0 Å². The van der Waals surface area contributed by atoms with Crippen molar-refractivity contribution in [1.82, 2.24) is 5.32 Å². The van der Waals surface area contributed by atoms with Crippen LogP contribution in [0.25, 0.3) is 0 Å². The summed E-state index contributed by atoms with van der Waals surface area (Å²) in [6.45, 7) is 7.14. The van der Waals surface area contributed by atoms with Crippen molar-refractivity contribution in [2.24, 2.45) is 22.7 Å². The van der Waals surface area contributed by atoms with Gasteiger partial charge in [-0.25, -0.2) is 0 Å². The molecule has 0 unspecified atom stereocenters. The third-order valence-corrected chi connectivity index (χ3v) is 7.79. The number of hydrogen-bond donors (Lipinski definition) is 1. The van der Waals surface area contributed by atoms with E-state index in [1.165, 1.54) is 12.8 Å². The van der Waals surface area contributed by atoms with Crippen LogP contribution < -0.4 is 5.32 Å². The van der Waals surface area contributed by atoms with E-state index in [1.54, 1.807) is 7.11 Å². The molecule has 0 saturated heterocycles. The van der Waals surface area contributed by atoms with Crippen molar-refractivity contribution in [3.8, 4) is 0 Å². The van der Waals surface area contributed by atoms with Crippen LogP contribution in [-0.2, 0) is 9.53 Å². The van der Waals surface area contributed by atoms with E-state index in [2.05, 4.69) is 26.1 Å². The van der Waals surface area contributed by atoms with E-state index in [1.807, 2.05) is 0 Å². The molecule has 5 aliphatic rings. The van der Waals surface area contributed by atoms with Crippen molar-refractivity contribution in [3.05, 3.63) is 0 Å². The molecule has 5 aliphatic carbocycles. The third kappa shape index (κ3) is 1.33. The van der Waals surface area contributed by atoms with Gasteiger partial charge in [-0.1, -0.05) is 20.8 Å². The Hall–Kier alpha value is -0.570. The van der Waals surface area contributed by atoms with Crippen molar-refractivity contribution < 1.29 is 9.53 Å². The maximum absolute atomic E-state index is 12.7. The van der Waals surface area contributed by atoms with Crippen LogP contribution in [0.4, 0.5) is 0 Å². The molecule has 1 amide bonds. The number of carbonyl (C=O) groups is 1. The van der Waals surface area contributed by atoms with E-state index in [4.69, 9.17) is 4.74 Å². The minimum atomic E-state index is 0.0972. The lowest BCUT2D eigenvalue weighted by atomic mass is 9.46. The van der Waals surface area contributed by atoms with Crippen LogP contribution >= 0.6 is 0 Å². The number of amides is 1. The van der Waals surface area contributed by atoms with Gasteiger partial charge in [0.25, 0.3) is 0 Å². The highest BCUT2D eigenvalue weighted by atomic mass is 16.5. The Kier molecular flexibility index (Phi) is 2.25. The molecule has 3 atom stereocenters. The van der Waals surface area contributed by atoms with E-state index in [9.17, 15) is 4.79 Å². The largest absolute Gasteiger partial charge is 0.378 e. The smallest absolute Gasteiger partial charge is 0.223 e. The number of rotatable bonds is 3. The molecule has 4 bridgehead atoms. The zero-order chi connectivity index (χ0) is 14.4. The van der Waals surface area contributed by atoms with E-state index in [0.29, 0.717) is 22.7 Å². The molecule has 3 heteroatoms. The average Bonchev–Trinajstić information content (AvgIpc) is 2.63. The Labute approximate surface area is 121 Å². The van der Waals surface area contributed by atoms with Crippen LogP contribution in [0.15, 0.2) is 0 Å². The fourth-order valence-corrected chi connectivity index (χ4v) is 5.97. The van der Waals surface area contributed by atoms with Gasteiger partial charge in [-0.05, 0) is 55.3 Å². The minimum Gasteiger partial charge on any atom is -0.378 e. The first-order chi connectivity index (χ1) is 9.25. The van der Waals surface area contributed by atoms with Crippen LogP contribution in [0.3, 0.4) is 0 Å². The van der Waals surface area contributed by atoms with Gasteiger partial charge in [0.15, 0.2) is 0 Å².